The van der Waals surface area contributed by atoms with Crippen molar-refractivity contribution >= 4 is 14.3 Å². The monoisotopic (exact) mass is 508 g/mol. The van der Waals surface area contributed by atoms with Crippen LogP contribution in [-0.4, -0.2) is 45.9 Å². The quantitative estimate of drug-likeness (QED) is 0.244. The molecule has 0 saturated carbocycles. The van der Waals surface area contributed by atoms with E-state index in [-0.39, 0.29) is 35.1 Å². The summed E-state index contributed by atoms with van der Waals surface area (Å²) in [4.78, 5) is 12.7. The van der Waals surface area contributed by atoms with Crippen molar-refractivity contribution in [1.82, 2.24) is 0 Å². The van der Waals surface area contributed by atoms with Crippen LogP contribution in [0.1, 0.15) is 58.6 Å². The van der Waals surface area contributed by atoms with E-state index in [1.165, 1.54) is 26.2 Å². The molecule has 0 N–H and O–H groups in total. The fraction of sp³-hybridized carbons (Fsp3) is 0.708. The summed E-state index contributed by atoms with van der Waals surface area (Å²) in [5, 5.41) is -0.133. The Hall–Kier alpha value is -1.65. The second kappa shape index (κ2) is 9.77. The Morgan fingerprint density at radius 2 is 1.79 bits per heavy atom. The van der Waals surface area contributed by atoms with Gasteiger partial charge in [0.1, 0.15) is 11.6 Å². The summed E-state index contributed by atoms with van der Waals surface area (Å²) >= 11 is 0. The molecule has 1 aliphatic heterocycles. The number of carbonyl (C=O) groups excluding carboxylic acids is 1. The Labute approximate surface area is 200 Å². The fourth-order valence-electron chi connectivity index (χ4n) is 3.95. The molecular weight excluding hydrogens is 472 g/mol. The lowest BCUT2D eigenvalue weighted by molar-refractivity contribution is -0.274. The van der Waals surface area contributed by atoms with Crippen LogP contribution >= 0.6 is 0 Å². The standard InChI is InChI=1S/C24H36F4O5Si/c1-10-31-21(29)20-18(14(2)23(6,33-20)24(26,27)28)15-11-12-17(25)16(19(15)30-7)13-32-34(8,9)22(3,4)5/h11-12,14,18,20H,10,13H2,1-9H3/t14-,18-,20-,23+/m0/s1. The van der Waals surface area contributed by atoms with Gasteiger partial charge in [0.15, 0.2) is 20.0 Å². The highest BCUT2D eigenvalue weighted by Crippen LogP contribution is 2.55. The first kappa shape index (κ1) is 28.6. The molecule has 1 heterocycles. The van der Waals surface area contributed by atoms with E-state index in [0.29, 0.717) is 0 Å². The Balaban J connectivity index is 2.61. The highest BCUT2D eigenvalue weighted by Gasteiger charge is 2.66. The van der Waals surface area contributed by atoms with Crippen LogP contribution in [-0.2, 0) is 25.3 Å². The van der Waals surface area contributed by atoms with E-state index in [9.17, 15) is 22.4 Å². The molecule has 10 heteroatoms. The molecule has 0 radical (unpaired) electrons. The maximum Gasteiger partial charge on any atom is 0.417 e. The minimum Gasteiger partial charge on any atom is -0.496 e. The number of rotatable bonds is 7. The van der Waals surface area contributed by atoms with Gasteiger partial charge in [0.25, 0.3) is 0 Å². The van der Waals surface area contributed by atoms with Gasteiger partial charge in [0.2, 0.25) is 0 Å². The van der Waals surface area contributed by atoms with Crippen LogP contribution in [0.5, 0.6) is 5.75 Å². The van der Waals surface area contributed by atoms with Gasteiger partial charge in [-0.15, -0.1) is 0 Å². The lowest BCUT2D eigenvalue weighted by atomic mass is 9.76. The topological polar surface area (TPSA) is 54.0 Å². The average Bonchev–Trinajstić information content (AvgIpc) is 2.98. The van der Waals surface area contributed by atoms with Gasteiger partial charge in [-0.25, -0.2) is 9.18 Å². The predicted octanol–water partition coefficient (Wildman–Crippen LogP) is 6.36. The van der Waals surface area contributed by atoms with Crippen molar-refractivity contribution in [3.05, 3.63) is 29.1 Å². The first-order valence-electron chi connectivity index (χ1n) is 11.3. The molecule has 1 aromatic carbocycles. The second-order valence-corrected chi connectivity index (χ2v) is 15.2. The molecule has 194 valence electrons. The largest absolute Gasteiger partial charge is 0.496 e. The molecule has 1 aromatic rings. The van der Waals surface area contributed by atoms with Gasteiger partial charge in [-0.3, -0.25) is 0 Å². The molecule has 4 atom stereocenters. The number of hydrogen-bond acceptors (Lipinski definition) is 5. The zero-order valence-electron chi connectivity index (χ0n) is 21.4. The van der Waals surface area contributed by atoms with E-state index in [2.05, 4.69) is 0 Å². The van der Waals surface area contributed by atoms with Gasteiger partial charge in [0.05, 0.1) is 25.9 Å². The summed E-state index contributed by atoms with van der Waals surface area (Å²) < 4.78 is 79.1. The minimum absolute atomic E-state index is 0.0192. The first-order valence-corrected chi connectivity index (χ1v) is 14.2. The van der Waals surface area contributed by atoms with E-state index >= 15 is 0 Å². The third-order valence-electron chi connectivity index (χ3n) is 7.37. The summed E-state index contributed by atoms with van der Waals surface area (Å²) in [6, 6.07) is 2.52. The van der Waals surface area contributed by atoms with Crippen LogP contribution in [0.4, 0.5) is 17.6 Å². The van der Waals surface area contributed by atoms with E-state index in [1.54, 1.807) is 6.92 Å². The van der Waals surface area contributed by atoms with E-state index in [0.717, 1.165) is 6.92 Å². The van der Waals surface area contributed by atoms with Gasteiger partial charge in [-0.2, -0.15) is 13.2 Å². The van der Waals surface area contributed by atoms with Gasteiger partial charge in [0, 0.05) is 17.4 Å². The molecule has 1 aliphatic rings. The molecule has 1 fully saturated rings. The molecule has 0 aliphatic carbocycles. The summed E-state index contributed by atoms with van der Waals surface area (Å²) in [6.45, 7) is 13.9. The van der Waals surface area contributed by atoms with Gasteiger partial charge in [-0.05, 0) is 38.0 Å². The van der Waals surface area contributed by atoms with E-state index in [1.807, 2.05) is 33.9 Å². The summed E-state index contributed by atoms with van der Waals surface area (Å²) in [5.74, 6) is -3.71. The first-order chi connectivity index (χ1) is 15.4. The van der Waals surface area contributed by atoms with Crippen molar-refractivity contribution in [2.24, 2.45) is 5.92 Å². The van der Waals surface area contributed by atoms with Crippen molar-refractivity contribution in [1.29, 1.82) is 0 Å². The molecule has 2 rings (SSSR count). The molecule has 0 bridgehead atoms. The van der Waals surface area contributed by atoms with Crippen molar-refractivity contribution in [3.8, 4) is 5.75 Å². The Morgan fingerprint density at radius 1 is 1.21 bits per heavy atom. The Kier molecular flexibility index (Phi) is 8.22. The van der Waals surface area contributed by atoms with E-state index in [4.69, 9.17) is 18.6 Å². The minimum atomic E-state index is -4.74. The molecule has 0 aromatic heterocycles. The van der Waals surface area contributed by atoms with E-state index < -0.39 is 49.8 Å². The lowest BCUT2D eigenvalue weighted by Gasteiger charge is -2.36. The average molecular weight is 509 g/mol. The van der Waals surface area contributed by atoms with Crippen LogP contribution in [0.2, 0.25) is 18.1 Å². The van der Waals surface area contributed by atoms with Crippen molar-refractivity contribution in [2.75, 3.05) is 13.7 Å². The van der Waals surface area contributed by atoms with Crippen LogP contribution in [0, 0.1) is 11.7 Å². The predicted molar refractivity (Wildman–Crippen MR) is 123 cm³/mol. The highest BCUT2D eigenvalue weighted by molar-refractivity contribution is 6.74. The number of hydrogen-bond donors (Lipinski definition) is 0. The molecule has 0 amide bonds. The summed E-state index contributed by atoms with van der Waals surface area (Å²) in [6.07, 6.45) is -6.27. The summed E-state index contributed by atoms with van der Waals surface area (Å²) in [5.41, 5.74) is -2.26. The normalized spacial score (nSPS) is 26.0. The summed E-state index contributed by atoms with van der Waals surface area (Å²) in [7, 11) is -0.952. The molecule has 0 spiro atoms. The molecule has 5 nitrogen and oxygen atoms in total. The number of methoxy groups -OCH3 is 1. The Bertz CT molecular complexity index is 897. The maximum absolute atomic E-state index is 14.9. The Morgan fingerprint density at radius 3 is 2.26 bits per heavy atom. The third kappa shape index (κ3) is 5.13. The number of benzene rings is 1. The second-order valence-electron chi connectivity index (χ2n) is 10.4. The maximum atomic E-state index is 14.9. The van der Waals surface area contributed by atoms with Gasteiger partial charge < -0.3 is 18.6 Å². The number of ether oxygens (including phenoxy) is 3. The van der Waals surface area contributed by atoms with Gasteiger partial charge >= 0.3 is 12.1 Å². The zero-order chi connectivity index (χ0) is 26.3. The number of carbonyl (C=O) groups is 1. The zero-order valence-corrected chi connectivity index (χ0v) is 22.4. The number of esters is 1. The van der Waals surface area contributed by atoms with Crippen LogP contribution in [0.15, 0.2) is 12.1 Å². The van der Waals surface area contributed by atoms with Crippen LogP contribution in [0.3, 0.4) is 0 Å². The van der Waals surface area contributed by atoms with Crippen molar-refractivity contribution in [2.45, 2.75) is 90.1 Å². The van der Waals surface area contributed by atoms with Crippen molar-refractivity contribution in [3.63, 3.8) is 0 Å². The van der Waals surface area contributed by atoms with Crippen LogP contribution in [0.25, 0.3) is 0 Å². The number of halogens is 4. The number of alkyl halides is 3. The van der Waals surface area contributed by atoms with Gasteiger partial charge in [-0.1, -0.05) is 33.8 Å². The van der Waals surface area contributed by atoms with Crippen molar-refractivity contribution < 1.29 is 41.0 Å². The molecule has 34 heavy (non-hydrogen) atoms. The SMILES string of the molecule is CCOC(=O)[C@H]1O[C@@](C)(C(F)(F)F)[C@@H](C)[C@H]1c1ccc(F)c(CO[Si](C)(C)C(C)(C)C)c1OC. The van der Waals surface area contributed by atoms with Crippen LogP contribution < -0.4 is 4.74 Å². The fourth-order valence-corrected chi connectivity index (χ4v) is 4.89. The highest BCUT2D eigenvalue weighted by atomic mass is 28.4. The molecule has 1 saturated heterocycles. The molecular formula is C24H36F4O5Si. The third-order valence-corrected chi connectivity index (χ3v) is 11.8. The smallest absolute Gasteiger partial charge is 0.417 e. The molecule has 0 unspecified atom stereocenters. The lowest BCUT2D eigenvalue weighted by Crippen LogP contribution is -2.47.